The van der Waals surface area contributed by atoms with Gasteiger partial charge >= 0.3 is 29.6 Å². The molecule has 0 amide bonds. The maximum absolute atomic E-state index is 9.92. The summed E-state index contributed by atoms with van der Waals surface area (Å²) in [5.74, 6) is 1.58. The zero-order valence-corrected chi connectivity index (χ0v) is 10.3. The van der Waals surface area contributed by atoms with Gasteiger partial charge in [-0.15, -0.1) is 0 Å². The molecule has 4 nitrogen and oxygen atoms in total. The average Bonchev–Trinajstić information content (AvgIpc) is 1.78. The van der Waals surface area contributed by atoms with Gasteiger partial charge in [-0.3, -0.25) is 0 Å². The Morgan fingerprint density at radius 2 is 2.09 bits per heavy atom. The molecule has 0 bridgehead atoms. The van der Waals surface area contributed by atoms with Crippen molar-refractivity contribution < 1.29 is 42.5 Å². The fraction of sp³-hybridized carbons (Fsp3) is 1.00. The van der Waals surface area contributed by atoms with Gasteiger partial charge in [0, 0.05) is 12.3 Å². The summed E-state index contributed by atoms with van der Waals surface area (Å²) in [6.07, 6.45) is 0. The van der Waals surface area contributed by atoms with Crippen molar-refractivity contribution in [3.05, 3.63) is 0 Å². The molecule has 0 aliphatic rings. The first-order valence-corrected chi connectivity index (χ1v) is 5.41. The minimum atomic E-state index is -4.22. The monoisotopic (exact) mass is 207 g/mol. The van der Waals surface area contributed by atoms with Crippen LogP contribution in [0.5, 0.6) is 0 Å². The molecule has 0 aromatic carbocycles. The van der Waals surface area contributed by atoms with Gasteiger partial charge in [-0.2, -0.15) is 11.8 Å². The molecule has 0 fully saturated rings. The molecule has 0 unspecified atom stereocenters. The van der Waals surface area contributed by atoms with E-state index in [4.69, 9.17) is 0 Å². The summed E-state index contributed by atoms with van der Waals surface area (Å²) in [5, 5.41) is 0. The Kier molecular flexibility index (Phi) is 10.5. The van der Waals surface area contributed by atoms with Crippen molar-refractivity contribution >= 4 is 22.1 Å². The van der Waals surface area contributed by atoms with E-state index >= 15 is 0 Å². The van der Waals surface area contributed by atoms with Gasteiger partial charge in [0.15, 0.2) is 10.3 Å². The van der Waals surface area contributed by atoms with Crippen LogP contribution < -0.4 is 34.3 Å². The quantitative estimate of drug-likeness (QED) is 0.293. The van der Waals surface area contributed by atoms with E-state index in [0.717, 1.165) is 5.75 Å². The number of rotatable bonds is 5. The summed E-state index contributed by atoms with van der Waals surface area (Å²) >= 11 is 1.58. The van der Waals surface area contributed by atoms with Crippen LogP contribution in [-0.2, 0) is 10.3 Å². The fourth-order valence-electron chi connectivity index (χ4n) is 0.383. The van der Waals surface area contributed by atoms with E-state index in [1.165, 1.54) is 0 Å². The van der Waals surface area contributed by atoms with E-state index in [1.807, 2.05) is 11.6 Å². The summed E-state index contributed by atoms with van der Waals surface area (Å²) in [4.78, 5) is 0. The fourth-order valence-corrected chi connectivity index (χ4v) is 1.40. The van der Waals surface area contributed by atoms with Crippen molar-refractivity contribution in [3.8, 4) is 0 Å². The van der Waals surface area contributed by atoms with Gasteiger partial charge in [-0.25, -0.2) is 13.1 Å². The molecule has 0 aliphatic heterocycles. The van der Waals surface area contributed by atoms with Gasteiger partial charge in [-0.05, 0) is 5.75 Å². The normalized spacial score (nSPS) is 10.7. The van der Waals surface area contributed by atoms with Crippen LogP contribution in [0.4, 0.5) is 0 Å². The minimum Gasteiger partial charge on any atom is -0.735 e. The molecule has 0 saturated carbocycles. The number of hydrogen-bond donors (Lipinski definition) is 1. The van der Waals surface area contributed by atoms with E-state index in [0.29, 0.717) is 5.75 Å². The molecule has 0 heterocycles. The number of hydrogen-bond acceptors (Lipinski definition) is 4. The molecule has 0 radical (unpaired) electrons. The van der Waals surface area contributed by atoms with Crippen LogP contribution in [-0.4, -0.2) is 31.0 Å². The van der Waals surface area contributed by atoms with Crippen LogP contribution in [0.2, 0.25) is 0 Å². The minimum absolute atomic E-state index is 0. The van der Waals surface area contributed by atoms with E-state index in [9.17, 15) is 13.0 Å². The van der Waals surface area contributed by atoms with Gasteiger partial charge in [0.1, 0.15) is 0 Å². The average molecular weight is 207 g/mol. The molecule has 0 rings (SSSR count). The summed E-state index contributed by atoms with van der Waals surface area (Å²) < 4.78 is 31.6. The van der Waals surface area contributed by atoms with Gasteiger partial charge in [0.2, 0.25) is 0 Å². The third-order valence-electron chi connectivity index (χ3n) is 0.729. The van der Waals surface area contributed by atoms with Gasteiger partial charge < -0.3 is 4.55 Å². The Morgan fingerprint density at radius 1 is 1.55 bits per heavy atom. The van der Waals surface area contributed by atoms with Crippen molar-refractivity contribution in [2.75, 3.05) is 18.1 Å². The molecule has 0 atom stereocenters. The second-order valence-corrected chi connectivity index (χ2v) is 4.14. The van der Waals surface area contributed by atoms with Gasteiger partial charge in [0.05, 0.1) is 0 Å². The molecule has 0 aromatic rings. The van der Waals surface area contributed by atoms with Crippen molar-refractivity contribution in [1.82, 2.24) is 4.72 Å². The van der Waals surface area contributed by atoms with E-state index in [2.05, 4.69) is 0 Å². The Morgan fingerprint density at radius 3 is 2.45 bits per heavy atom. The van der Waals surface area contributed by atoms with Crippen LogP contribution in [0.3, 0.4) is 0 Å². The molecule has 62 valence electrons. The smallest absolute Gasteiger partial charge is 0.735 e. The molecule has 1 N–H and O–H groups in total. The Balaban J connectivity index is 0. The standard InChI is InChI=1S/C4H11NO3S2.Na/c1-2-9-4-3-5-10(6,7)8;/h5H,2-4H2,1H3,(H,6,7,8);/q;+1/p-1. The summed E-state index contributed by atoms with van der Waals surface area (Å²) in [5.41, 5.74) is 0. The van der Waals surface area contributed by atoms with Crippen LogP contribution in [0.15, 0.2) is 0 Å². The third kappa shape index (κ3) is 14.1. The van der Waals surface area contributed by atoms with Crippen LogP contribution in [0.25, 0.3) is 0 Å². The molecule has 7 heteroatoms. The first-order valence-electron chi connectivity index (χ1n) is 2.84. The summed E-state index contributed by atoms with van der Waals surface area (Å²) in [7, 11) is -4.22. The molecule has 0 aromatic heterocycles. The molecule has 0 spiro atoms. The second-order valence-electron chi connectivity index (χ2n) is 1.55. The molecule has 11 heavy (non-hydrogen) atoms. The van der Waals surface area contributed by atoms with E-state index in [-0.39, 0.29) is 36.1 Å². The molecule has 0 saturated heterocycles. The number of thioether (sulfide) groups is 1. The second kappa shape index (κ2) is 7.85. The van der Waals surface area contributed by atoms with Gasteiger partial charge in [0.25, 0.3) is 0 Å². The SMILES string of the molecule is CCSCCNS(=O)(=O)[O-].[Na+]. The van der Waals surface area contributed by atoms with E-state index < -0.39 is 10.3 Å². The largest absolute Gasteiger partial charge is 1.00 e. The molecular weight excluding hydrogens is 197 g/mol. The van der Waals surface area contributed by atoms with Crippen molar-refractivity contribution in [2.24, 2.45) is 0 Å². The topological polar surface area (TPSA) is 69.2 Å². The summed E-state index contributed by atoms with van der Waals surface area (Å²) in [6.45, 7) is 2.20. The first kappa shape index (κ1) is 14.7. The van der Waals surface area contributed by atoms with Crippen molar-refractivity contribution in [1.29, 1.82) is 0 Å². The van der Waals surface area contributed by atoms with Crippen LogP contribution in [0.1, 0.15) is 6.92 Å². The predicted molar refractivity (Wildman–Crippen MR) is 40.7 cm³/mol. The maximum Gasteiger partial charge on any atom is 1.00 e. The zero-order valence-electron chi connectivity index (χ0n) is 6.66. The Bertz CT molecular complexity index is 170. The first-order chi connectivity index (χ1) is 4.56. The molecule has 0 aliphatic carbocycles. The predicted octanol–water partition coefficient (Wildman–Crippen LogP) is -3.21. The van der Waals surface area contributed by atoms with Gasteiger partial charge in [-0.1, -0.05) is 6.92 Å². The Labute approximate surface area is 93.7 Å². The molecular formula is C4H10NNaO3S2. The van der Waals surface area contributed by atoms with Crippen LogP contribution >= 0.6 is 11.8 Å². The van der Waals surface area contributed by atoms with Crippen LogP contribution in [0, 0.1) is 0 Å². The van der Waals surface area contributed by atoms with Crippen molar-refractivity contribution in [2.45, 2.75) is 6.92 Å². The van der Waals surface area contributed by atoms with Crippen molar-refractivity contribution in [3.63, 3.8) is 0 Å². The van der Waals surface area contributed by atoms with E-state index in [1.54, 1.807) is 11.8 Å². The third-order valence-corrected chi connectivity index (χ3v) is 2.19. The maximum atomic E-state index is 9.92. The summed E-state index contributed by atoms with van der Waals surface area (Å²) in [6, 6.07) is 0. The zero-order chi connectivity index (χ0) is 8.04. The Hall–Kier alpha value is 1.22. The number of nitrogens with one attached hydrogen (secondary N) is 1.